The average Bonchev–Trinajstić information content (AvgIpc) is 2.93. The number of benzene rings is 1. The van der Waals surface area contributed by atoms with E-state index in [4.69, 9.17) is 0 Å². The van der Waals surface area contributed by atoms with Crippen molar-refractivity contribution in [2.45, 2.75) is 33.6 Å². The van der Waals surface area contributed by atoms with E-state index in [9.17, 15) is 0 Å². The quantitative estimate of drug-likeness (QED) is 0.241. The van der Waals surface area contributed by atoms with E-state index in [1.165, 1.54) is 16.9 Å². The number of rotatable bonds is 9. The van der Waals surface area contributed by atoms with Gasteiger partial charge in [-0.1, -0.05) is 18.2 Å². The van der Waals surface area contributed by atoms with Crippen molar-refractivity contribution in [2.24, 2.45) is 12.0 Å². The largest absolute Gasteiger partial charge is 0.372 e. The molecule has 1 heterocycles. The van der Waals surface area contributed by atoms with Gasteiger partial charge in [-0.3, -0.25) is 9.67 Å². The summed E-state index contributed by atoms with van der Waals surface area (Å²) in [5.74, 6) is 0.858. The molecule has 6 nitrogen and oxygen atoms in total. The van der Waals surface area contributed by atoms with Crippen molar-refractivity contribution in [1.82, 2.24) is 20.4 Å². The predicted molar refractivity (Wildman–Crippen MR) is 130 cm³/mol. The Bertz CT molecular complexity index is 726. The second-order valence-electron chi connectivity index (χ2n) is 6.72. The number of aromatic nitrogens is 2. The summed E-state index contributed by atoms with van der Waals surface area (Å²) >= 11 is 0. The van der Waals surface area contributed by atoms with Gasteiger partial charge in [-0.25, -0.2) is 0 Å². The molecule has 0 spiro atoms. The number of nitrogens with zero attached hydrogens (tertiary/aromatic N) is 4. The molecule has 7 heteroatoms. The summed E-state index contributed by atoms with van der Waals surface area (Å²) in [5, 5.41) is 11.3. The Morgan fingerprint density at radius 1 is 1.14 bits per heavy atom. The summed E-state index contributed by atoms with van der Waals surface area (Å²) in [6.45, 7) is 10.2. The molecule has 2 rings (SSSR count). The van der Waals surface area contributed by atoms with Crippen molar-refractivity contribution in [3.8, 4) is 0 Å². The Hall–Kier alpha value is -1.77. The number of aryl methyl sites for hydroxylation is 2. The number of aliphatic imine (C=N–C) groups is 1. The van der Waals surface area contributed by atoms with Crippen LogP contribution < -0.4 is 15.5 Å². The minimum absolute atomic E-state index is 0. The lowest BCUT2D eigenvalue weighted by Crippen LogP contribution is -2.39. The van der Waals surface area contributed by atoms with Gasteiger partial charge in [0.05, 0.1) is 5.69 Å². The Morgan fingerprint density at radius 2 is 1.82 bits per heavy atom. The third-order valence-electron chi connectivity index (χ3n) is 4.95. The summed E-state index contributed by atoms with van der Waals surface area (Å²) in [6, 6.07) is 10.6. The molecule has 0 saturated heterocycles. The number of halogens is 1. The maximum atomic E-state index is 4.48. The van der Waals surface area contributed by atoms with Gasteiger partial charge in [0.25, 0.3) is 0 Å². The van der Waals surface area contributed by atoms with Crippen LogP contribution in [0, 0.1) is 13.8 Å². The molecule has 2 N–H and O–H groups in total. The van der Waals surface area contributed by atoms with Gasteiger partial charge in [-0.15, -0.1) is 24.0 Å². The monoisotopic (exact) mass is 498 g/mol. The zero-order valence-corrected chi connectivity index (χ0v) is 20.2. The average molecular weight is 498 g/mol. The molecular weight excluding hydrogens is 463 g/mol. The van der Waals surface area contributed by atoms with E-state index in [0.717, 1.165) is 50.7 Å². The van der Waals surface area contributed by atoms with Crippen LogP contribution in [0.1, 0.15) is 30.3 Å². The first-order valence-electron chi connectivity index (χ1n) is 9.80. The number of hydrogen-bond donors (Lipinski definition) is 2. The van der Waals surface area contributed by atoms with Crippen molar-refractivity contribution in [2.75, 3.05) is 38.1 Å². The van der Waals surface area contributed by atoms with Crippen LogP contribution in [0.5, 0.6) is 0 Å². The summed E-state index contributed by atoms with van der Waals surface area (Å²) in [5.41, 5.74) is 4.95. The molecule has 156 valence electrons. The van der Waals surface area contributed by atoms with Crippen molar-refractivity contribution in [3.05, 3.63) is 47.3 Å². The van der Waals surface area contributed by atoms with Gasteiger partial charge in [0.15, 0.2) is 5.96 Å². The van der Waals surface area contributed by atoms with E-state index in [0.29, 0.717) is 0 Å². The number of para-hydroxylation sites is 1. The van der Waals surface area contributed by atoms with Crippen molar-refractivity contribution in [1.29, 1.82) is 0 Å². The second-order valence-corrected chi connectivity index (χ2v) is 6.72. The molecule has 1 aromatic heterocycles. The maximum absolute atomic E-state index is 4.48. The van der Waals surface area contributed by atoms with Crippen LogP contribution in [0.15, 0.2) is 35.3 Å². The van der Waals surface area contributed by atoms with Gasteiger partial charge in [-0.2, -0.15) is 5.10 Å². The smallest absolute Gasteiger partial charge is 0.190 e. The summed E-state index contributed by atoms with van der Waals surface area (Å²) in [4.78, 5) is 6.72. The van der Waals surface area contributed by atoms with Crippen LogP contribution in [-0.4, -0.2) is 49.0 Å². The normalized spacial score (nSPS) is 11.1. The second kappa shape index (κ2) is 12.6. The first-order chi connectivity index (χ1) is 13.1. The Morgan fingerprint density at radius 3 is 2.39 bits per heavy atom. The van der Waals surface area contributed by atoms with Gasteiger partial charge < -0.3 is 15.5 Å². The fraction of sp³-hybridized carbons (Fsp3) is 0.524. The van der Waals surface area contributed by atoms with Gasteiger partial charge >= 0.3 is 0 Å². The Labute approximate surface area is 186 Å². The number of hydrogen-bond acceptors (Lipinski definition) is 3. The summed E-state index contributed by atoms with van der Waals surface area (Å²) in [7, 11) is 3.81. The molecule has 2 aromatic rings. The summed E-state index contributed by atoms with van der Waals surface area (Å²) in [6.07, 6.45) is 2.01. The molecule has 0 atom stereocenters. The first kappa shape index (κ1) is 24.3. The highest BCUT2D eigenvalue weighted by molar-refractivity contribution is 14.0. The van der Waals surface area contributed by atoms with Crippen molar-refractivity contribution < 1.29 is 0 Å². The molecule has 0 aliphatic heterocycles. The lowest BCUT2D eigenvalue weighted by atomic mass is 10.1. The first-order valence-corrected chi connectivity index (χ1v) is 9.80. The van der Waals surface area contributed by atoms with Crippen LogP contribution >= 0.6 is 24.0 Å². The molecule has 28 heavy (non-hydrogen) atoms. The van der Waals surface area contributed by atoms with Crippen LogP contribution in [0.2, 0.25) is 0 Å². The van der Waals surface area contributed by atoms with E-state index >= 15 is 0 Å². The van der Waals surface area contributed by atoms with Crippen LogP contribution in [0.25, 0.3) is 0 Å². The fourth-order valence-corrected chi connectivity index (χ4v) is 3.29. The highest BCUT2D eigenvalue weighted by Crippen LogP contribution is 2.13. The molecule has 0 aliphatic rings. The minimum atomic E-state index is 0. The van der Waals surface area contributed by atoms with E-state index in [2.05, 4.69) is 76.7 Å². The van der Waals surface area contributed by atoms with Crippen LogP contribution in [-0.2, 0) is 13.5 Å². The lowest BCUT2D eigenvalue weighted by Gasteiger charge is -2.23. The highest BCUT2D eigenvalue weighted by atomic mass is 127. The topological polar surface area (TPSA) is 57.5 Å². The standard InChI is InChI=1S/C21H34N6.HI/c1-6-27(19-11-8-7-9-12-19)16-10-14-23-21(22-4)24-15-13-20-17(2)25-26(5)18(20)3;/h7-9,11-12H,6,10,13-16H2,1-5H3,(H2,22,23,24);1H. The van der Waals surface area contributed by atoms with E-state index in [1.807, 2.05) is 18.8 Å². The zero-order chi connectivity index (χ0) is 19.6. The molecule has 0 amide bonds. The zero-order valence-electron chi connectivity index (χ0n) is 17.8. The van der Waals surface area contributed by atoms with Gasteiger partial charge in [0, 0.05) is 51.7 Å². The fourth-order valence-electron chi connectivity index (χ4n) is 3.29. The van der Waals surface area contributed by atoms with E-state index in [1.54, 1.807) is 0 Å². The number of nitrogens with one attached hydrogen (secondary N) is 2. The number of guanidine groups is 1. The number of anilines is 1. The molecule has 0 bridgehead atoms. The Kier molecular flexibility index (Phi) is 11.0. The van der Waals surface area contributed by atoms with Crippen LogP contribution in [0.3, 0.4) is 0 Å². The maximum Gasteiger partial charge on any atom is 0.190 e. The third kappa shape index (κ3) is 7.00. The van der Waals surface area contributed by atoms with Gasteiger partial charge in [0.1, 0.15) is 0 Å². The molecule has 0 radical (unpaired) electrons. The highest BCUT2D eigenvalue weighted by Gasteiger charge is 2.09. The van der Waals surface area contributed by atoms with Gasteiger partial charge in [0.2, 0.25) is 0 Å². The minimum Gasteiger partial charge on any atom is -0.372 e. The molecule has 0 saturated carbocycles. The van der Waals surface area contributed by atoms with Crippen LogP contribution in [0.4, 0.5) is 5.69 Å². The molecular formula is C21H35IN6. The SMILES string of the molecule is CCN(CCCNC(=NC)NCCc1c(C)nn(C)c1C)c1ccccc1.I. The van der Waals surface area contributed by atoms with Crippen molar-refractivity contribution in [3.63, 3.8) is 0 Å². The van der Waals surface area contributed by atoms with E-state index in [-0.39, 0.29) is 24.0 Å². The molecule has 1 aromatic carbocycles. The molecule has 0 fully saturated rings. The van der Waals surface area contributed by atoms with Crippen molar-refractivity contribution >= 4 is 35.6 Å². The predicted octanol–water partition coefficient (Wildman–Crippen LogP) is 3.28. The molecule has 0 aliphatic carbocycles. The summed E-state index contributed by atoms with van der Waals surface area (Å²) < 4.78 is 1.95. The third-order valence-corrected chi connectivity index (χ3v) is 4.95. The van der Waals surface area contributed by atoms with E-state index < -0.39 is 0 Å². The Balaban J connectivity index is 0.00000392. The van der Waals surface area contributed by atoms with Gasteiger partial charge in [-0.05, 0) is 51.3 Å². The molecule has 0 unspecified atom stereocenters. The lowest BCUT2D eigenvalue weighted by molar-refractivity contribution is 0.706.